The smallest absolute Gasteiger partial charge is 0.317 e. The summed E-state index contributed by atoms with van der Waals surface area (Å²) in [5.74, 6) is -0.906. The molecule has 126 valence electrons. The number of hydrogen-bond donors (Lipinski definition) is 3. The minimum atomic E-state index is -0.906. The van der Waals surface area contributed by atoms with Gasteiger partial charge >= 0.3 is 12.0 Å². The first-order valence-corrected chi connectivity index (χ1v) is 7.95. The first-order valence-electron chi connectivity index (χ1n) is 7.19. The predicted molar refractivity (Wildman–Crippen MR) is 86.9 cm³/mol. The van der Waals surface area contributed by atoms with Crippen LogP contribution in [0.5, 0.6) is 0 Å². The number of amides is 2. The number of fused-ring (bicyclic) bond motifs is 1. The van der Waals surface area contributed by atoms with Gasteiger partial charge in [0.25, 0.3) is 0 Å². The number of carbonyl (C=O) groups is 2. The van der Waals surface area contributed by atoms with Gasteiger partial charge in [-0.1, -0.05) is 23.2 Å². The maximum atomic E-state index is 12.2. The second-order valence-electron chi connectivity index (χ2n) is 5.51. The average molecular weight is 361 g/mol. The fourth-order valence-electron chi connectivity index (χ4n) is 2.78. The van der Waals surface area contributed by atoms with Crippen molar-refractivity contribution in [2.45, 2.75) is 31.4 Å². The van der Waals surface area contributed by atoms with Gasteiger partial charge in [0.2, 0.25) is 0 Å². The number of aliphatic hydroxyl groups excluding tert-OH is 1. The number of halogens is 2. The Morgan fingerprint density at radius 3 is 2.74 bits per heavy atom. The first kappa shape index (κ1) is 17.8. The molecule has 3 N–H and O–H groups in total. The number of carbonyl (C=O) groups excluding carboxylic acids is 1. The molecule has 0 aromatic heterocycles. The van der Waals surface area contributed by atoms with Crippen LogP contribution >= 0.6 is 23.2 Å². The molecule has 2 rings (SSSR count). The van der Waals surface area contributed by atoms with Crippen molar-refractivity contribution in [3.05, 3.63) is 33.3 Å². The van der Waals surface area contributed by atoms with Crippen LogP contribution in [0, 0.1) is 0 Å². The zero-order valence-electron chi connectivity index (χ0n) is 12.6. The number of aliphatic hydroxyl groups is 1. The number of nitrogens with zero attached hydrogens (tertiary/aromatic N) is 1. The summed E-state index contributed by atoms with van der Waals surface area (Å²) in [5, 5.41) is 22.4. The summed E-state index contributed by atoms with van der Waals surface area (Å²) >= 11 is 12.2. The Morgan fingerprint density at radius 2 is 2.09 bits per heavy atom. The second kappa shape index (κ2) is 7.38. The maximum absolute atomic E-state index is 12.2. The van der Waals surface area contributed by atoms with Crippen molar-refractivity contribution in [1.29, 1.82) is 0 Å². The van der Waals surface area contributed by atoms with E-state index in [-0.39, 0.29) is 19.0 Å². The van der Waals surface area contributed by atoms with E-state index < -0.39 is 18.1 Å². The van der Waals surface area contributed by atoms with Crippen molar-refractivity contribution in [2.75, 3.05) is 13.6 Å². The summed E-state index contributed by atoms with van der Waals surface area (Å²) in [7, 11) is 1.57. The van der Waals surface area contributed by atoms with Crippen LogP contribution < -0.4 is 5.32 Å². The summed E-state index contributed by atoms with van der Waals surface area (Å²) < 4.78 is 0. The number of likely N-dealkylation sites (N-methyl/N-ethyl adjacent to an activating group) is 1. The van der Waals surface area contributed by atoms with Gasteiger partial charge < -0.3 is 20.4 Å². The van der Waals surface area contributed by atoms with Crippen molar-refractivity contribution in [3.8, 4) is 0 Å². The van der Waals surface area contributed by atoms with Crippen molar-refractivity contribution in [2.24, 2.45) is 0 Å². The van der Waals surface area contributed by atoms with Gasteiger partial charge in [-0.15, -0.1) is 0 Å². The highest BCUT2D eigenvalue weighted by atomic mass is 35.5. The molecule has 6 nitrogen and oxygen atoms in total. The van der Waals surface area contributed by atoms with Gasteiger partial charge in [-0.05, 0) is 29.7 Å². The standard InChI is InChI=1S/C15H18Cl2N2O4/c1-19(15(23)18-4-2-3-13(21)22)14-10-5-8(16)6-11(17)9(10)7-12(14)20/h5-6,12,14,20H,2-4,7H2,1H3,(H,18,23)(H,21,22). The Kier molecular flexibility index (Phi) is 5.73. The van der Waals surface area contributed by atoms with Crippen LogP contribution in [0.1, 0.15) is 30.0 Å². The summed E-state index contributed by atoms with van der Waals surface area (Å²) in [4.78, 5) is 24.0. The second-order valence-corrected chi connectivity index (χ2v) is 6.36. The molecular formula is C15H18Cl2N2O4. The monoisotopic (exact) mass is 360 g/mol. The minimum absolute atomic E-state index is 0.00982. The van der Waals surface area contributed by atoms with E-state index in [4.69, 9.17) is 28.3 Å². The van der Waals surface area contributed by atoms with E-state index in [9.17, 15) is 14.7 Å². The number of carboxylic acid groups (broad SMARTS) is 1. The Bertz CT molecular complexity index is 624. The average Bonchev–Trinajstić information content (AvgIpc) is 2.79. The highest BCUT2D eigenvalue weighted by Gasteiger charge is 2.37. The van der Waals surface area contributed by atoms with Crippen molar-refractivity contribution >= 4 is 35.2 Å². The largest absolute Gasteiger partial charge is 0.481 e. The molecule has 1 aromatic carbocycles. The molecule has 0 aliphatic heterocycles. The Morgan fingerprint density at radius 1 is 1.39 bits per heavy atom. The van der Waals surface area contributed by atoms with E-state index >= 15 is 0 Å². The molecule has 2 amide bonds. The molecule has 0 radical (unpaired) electrons. The molecule has 0 bridgehead atoms. The highest BCUT2D eigenvalue weighted by molar-refractivity contribution is 6.35. The lowest BCUT2D eigenvalue weighted by molar-refractivity contribution is -0.137. The van der Waals surface area contributed by atoms with E-state index in [0.29, 0.717) is 22.9 Å². The summed E-state index contributed by atoms with van der Waals surface area (Å²) in [6.07, 6.45) is -0.0802. The molecule has 0 saturated heterocycles. The number of rotatable bonds is 5. The Balaban J connectivity index is 2.07. The molecule has 1 aromatic rings. The highest BCUT2D eigenvalue weighted by Crippen LogP contribution is 2.40. The van der Waals surface area contributed by atoms with Crippen molar-refractivity contribution < 1.29 is 19.8 Å². The molecule has 1 aliphatic rings. The minimum Gasteiger partial charge on any atom is -0.481 e. The molecule has 0 heterocycles. The molecule has 8 heteroatoms. The van der Waals surface area contributed by atoms with Crippen LogP contribution in [0.15, 0.2) is 12.1 Å². The summed E-state index contributed by atoms with van der Waals surface area (Å²) in [5.41, 5.74) is 1.53. The molecule has 0 saturated carbocycles. The summed E-state index contributed by atoms with van der Waals surface area (Å²) in [6, 6.07) is 2.39. The van der Waals surface area contributed by atoms with Gasteiger partial charge in [-0.2, -0.15) is 0 Å². The number of nitrogens with one attached hydrogen (secondary N) is 1. The number of hydrogen-bond acceptors (Lipinski definition) is 3. The first-order chi connectivity index (χ1) is 10.8. The third kappa shape index (κ3) is 4.07. The van der Waals surface area contributed by atoms with E-state index in [1.165, 1.54) is 4.90 Å². The molecule has 0 fully saturated rings. The Labute approximate surface area is 144 Å². The fraction of sp³-hybridized carbons (Fsp3) is 0.467. The SMILES string of the molecule is CN(C(=O)NCCCC(=O)O)C1c2cc(Cl)cc(Cl)c2CC1O. The lowest BCUT2D eigenvalue weighted by Gasteiger charge is -2.28. The lowest BCUT2D eigenvalue weighted by Crippen LogP contribution is -2.42. The topological polar surface area (TPSA) is 89.9 Å². The lowest BCUT2D eigenvalue weighted by atomic mass is 10.1. The fourth-order valence-corrected chi connectivity index (χ4v) is 3.37. The third-order valence-corrected chi connectivity index (χ3v) is 4.43. The van der Waals surface area contributed by atoms with E-state index in [1.807, 2.05) is 0 Å². The van der Waals surface area contributed by atoms with Gasteiger partial charge in [-0.3, -0.25) is 4.79 Å². The van der Waals surface area contributed by atoms with Gasteiger partial charge in [0.1, 0.15) is 0 Å². The molecular weight excluding hydrogens is 343 g/mol. The molecule has 2 atom stereocenters. The maximum Gasteiger partial charge on any atom is 0.317 e. The summed E-state index contributed by atoms with van der Waals surface area (Å²) in [6.45, 7) is 0.251. The van der Waals surface area contributed by atoms with Crippen LogP contribution in [0.3, 0.4) is 0 Å². The van der Waals surface area contributed by atoms with Gasteiger partial charge in [0, 0.05) is 36.5 Å². The predicted octanol–water partition coefficient (Wildman–Crippen LogP) is 2.46. The number of benzene rings is 1. The van der Waals surface area contributed by atoms with E-state index in [1.54, 1.807) is 19.2 Å². The molecule has 2 unspecified atom stereocenters. The Hall–Kier alpha value is -1.50. The number of urea groups is 1. The van der Waals surface area contributed by atoms with Crippen LogP contribution in [0.2, 0.25) is 10.0 Å². The third-order valence-electron chi connectivity index (χ3n) is 3.87. The van der Waals surface area contributed by atoms with Gasteiger partial charge in [0.15, 0.2) is 0 Å². The van der Waals surface area contributed by atoms with Crippen molar-refractivity contribution in [3.63, 3.8) is 0 Å². The van der Waals surface area contributed by atoms with E-state index in [0.717, 1.165) is 11.1 Å². The normalized spacial score (nSPS) is 19.3. The van der Waals surface area contributed by atoms with E-state index in [2.05, 4.69) is 5.32 Å². The molecule has 23 heavy (non-hydrogen) atoms. The van der Waals surface area contributed by atoms with Crippen molar-refractivity contribution in [1.82, 2.24) is 10.2 Å². The van der Waals surface area contributed by atoms with Crippen LogP contribution in [0.25, 0.3) is 0 Å². The van der Waals surface area contributed by atoms with Crippen LogP contribution in [0.4, 0.5) is 4.79 Å². The number of aliphatic carboxylic acids is 1. The molecule has 0 spiro atoms. The van der Waals surface area contributed by atoms with Crippen LogP contribution in [-0.2, 0) is 11.2 Å². The zero-order chi connectivity index (χ0) is 17.1. The van der Waals surface area contributed by atoms with Gasteiger partial charge in [-0.25, -0.2) is 4.79 Å². The van der Waals surface area contributed by atoms with Crippen LogP contribution in [-0.4, -0.2) is 46.8 Å². The number of carboxylic acids is 1. The molecule has 1 aliphatic carbocycles. The quantitative estimate of drug-likeness (QED) is 0.703. The van der Waals surface area contributed by atoms with Gasteiger partial charge in [0.05, 0.1) is 12.1 Å². The zero-order valence-corrected chi connectivity index (χ0v) is 14.1.